The third-order valence-corrected chi connectivity index (χ3v) is 8.71. The predicted octanol–water partition coefficient (Wildman–Crippen LogP) is 7.07. The van der Waals surface area contributed by atoms with Crippen LogP contribution in [0.3, 0.4) is 0 Å². The summed E-state index contributed by atoms with van der Waals surface area (Å²) in [4.78, 5) is 6.19. The quantitative estimate of drug-likeness (QED) is 0.165. The van der Waals surface area contributed by atoms with Gasteiger partial charge in [-0.15, -0.1) is 0 Å². The standard InChI is InChI=1S/C31H41FN7O5P/c1-10-39-28-20(17-35-39)13-25-27(37-38(9)36-25)23-12-11-22(32)15-24(23)19(2)42-26-14-21(28)16-33-29(26)34-18-41-45(40,43-30(3,4)5)44-31(6,7)8/h11-12,14-17,19H,10,13,18H2,1-9H3,(H,33,34). The van der Waals surface area contributed by atoms with Crippen molar-refractivity contribution in [3.63, 3.8) is 0 Å². The summed E-state index contributed by atoms with van der Waals surface area (Å²) in [7, 11) is -2.23. The lowest BCUT2D eigenvalue weighted by Crippen LogP contribution is -2.25. The van der Waals surface area contributed by atoms with Gasteiger partial charge < -0.3 is 10.1 Å². The van der Waals surface area contributed by atoms with E-state index in [1.807, 2.05) is 30.8 Å². The number of rotatable bonds is 7. The lowest BCUT2D eigenvalue weighted by Gasteiger charge is -2.31. The molecule has 1 atom stereocenters. The van der Waals surface area contributed by atoms with Crippen LogP contribution in [-0.4, -0.2) is 47.7 Å². The molecule has 3 aromatic heterocycles. The van der Waals surface area contributed by atoms with Gasteiger partial charge in [0.2, 0.25) is 0 Å². The molecule has 2 bridgehead atoms. The van der Waals surface area contributed by atoms with Crippen LogP contribution in [0.15, 0.2) is 36.7 Å². The Balaban J connectivity index is 1.56. The van der Waals surface area contributed by atoms with Gasteiger partial charge in [0.1, 0.15) is 24.3 Å². The first kappa shape index (κ1) is 32.7. The molecule has 1 aromatic carbocycles. The second kappa shape index (κ2) is 12.3. The summed E-state index contributed by atoms with van der Waals surface area (Å²) in [6, 6.07) is 6.40. The summed E-state index contributed by atoms with van der Waals surface area (Å²) in [6.45, 7) is 14.8. The van der Waals surface area contributed by atoms with E-state index < -0.39 is 30.9 Å². The number of fused-ring (bicyclic) bond motifs is 7. The zero-order valence-corrected chi connectivity index (χ0v) is 28.1. The molecule has 4 aromatic rings. The van der Waals surface area contributed by atoms with Gasteiger partial charge in [-0.2, -0.15) is 20.1 Å². The first-order chi connectivity index (χ1) is 21.0. The van der Waals surface area contributed by atoms with E-state index in [4.69, 9.17) is 18.3 Å². The number of benzene rings is 1. The van der Waals surface area contributed by atoms with E-state index in [9.17, 15) is 8.96 Å². The molecule has 12 nitrogen and oxygen atoms in total. The minimum absolute atomic E-state index is 0.257. The number of hydrogen-bond donors (Lipinski definition) is 1. The smallest absolute Gasteiger partial charge is 0.477 e. The lowest BCUT2D eigenvalue weighted by atomic mass is 9.96. The molecule has 5 rings (SSSR count). The Morgan fingerprint density at radius 2 is 1.80 bits per heavy atom. The maximum Gasteiger partial charge on any atom is 0.477 e. The highest BCUT2D eigenvalue weighted by molar-refractivity contribution is 7.48. The van der Waals surface area contributed by atoms with Gasteiger partial charge in [-0.25, -0.2) is 13.9 Å². The molecule has 45 heavy (non-hydrogen) atoms. The Labute approximate surface area is 262 Å². The molecule has 1 aliphatic heterocycles. The maximum atomic E-state index is 14.7. The van der Waals surface area contributed by atoms with Crippen LogP contribution < -0.4 is 10.1 Å². The van der Waals surface area contributed by atoms with Crippen molar-refractivity contribution in [3.8, 4) is 28.3 Å². The van der Waals surface area contributed by atoms with Gasteiger partial charge in [0.15, 0.2) is 11.6 Å². The van der Waals surface area contributed by atoms with Crippen LogP contribution in [0.1, 0.15) is 78.3 Å². The number of ether oxygens (including phenoxy) is 1. The fraction of sp³-hybridized carbons (Fsp3) is 0.484. The third-order valence-electron chi connectivity index (χ3n) is 6.73. The molecule has 0 saturated heterocycles. The maximum absolute atomic E-state index is 14.7. The second-order valence-electron chi connectivity index (χ2n) is 12.9. The van der Waals surface area contributed by atoms with Crippen molar-refractivity contribution in [1.82, 2.24) is 29.8 Å². The normalized spacial score (nSPS) is 15.3. The number of pyridine rings is 1. The van der Waals surface area contributed by atoms with Gasteiger partial charge in [0.05, 0.1) is 28.8 Å². The number of nitrogens with one attached hydrogen (secondary N) is 1. The fourth-order valence-electron chi connectivity index (χ4n) is 5.14. The molecule has 0 radical (unpaired) electrons. The SMILES string of the molecule is CCn1ncc2c1-c1cnc(NCOP(=O)(OC(C)(C)C)OC(C)(C)C)c(c1)OC(C)c1cc(F)ccc1-c1nn(C)nc1C2. The monoisotopic (exact) mass is 641 g/mol. The van der Waals surface area contributed by atoms with E-state index in [2.05, 4.69) is 25.6 Å². The van der Waals surface area contributed by atoms with Crippen molar-refractivity contribution in [1.29, 1.82) is 0 Å². The number of nitrogens with zero attached hydrogens (tertiary/aromatic N) is 6. The molecule has 4 heterocycles. The molecule has 0 fully saturated rings. The van der Waals surface area contributed by atoms with Crippen LogP contribution in [0.5, 0.6) is 5.75 Å². The van der Waals surface area contributed by atoms with Crippen LogP contribution in [0, 0.1) is 5.82 Å². The molecule has 242 valence electrons. The van der Waals surface area contributed by atoms with Gasteiger partial charge in [-0.3, -0.25) is 18.3 Å². The largest absolute Gasteiger partial charge is 0.482 e. The van der Waals surface area contributed by atoms with E-state index >= 15 is 0 Å². The Bertz CT molecular complexity index is 1720. The molecular formula is C31H41FN7O5P. The number of aromatic nitrogens is 6. The Hall–Kier alpha value is -3.64. The van der Waals surface area contributed by atoms with Crippen molar-refractivity contribution < 1.29 is 27.3 Å². The topological polar surface area (TPSA) is 127 Å². The van der Waals surface area contributed by atoms with Crippen molar-refractivity contribution in [3.05, 3.63) is 59.3 Å². The highest BCUT2D eigenvalue weighted by Gasteiger charge is 2.37. The third kappa shape index (κ3) is 7.61. The van der Waals surface area contributed by atoms with Crippen LogP contribution in [0.2, 0.25) is 0 Å². The number of phosphoric ester groups is 1. The van der Waals surface area contributed by atoms with E-state index in [0.717, 1.165) is 22.5 Å². The van der Waals surface area contributed by atoms with Gasteiger partial charge in [0.25, 0.3) is 0 Å². The molecule has 0 spiro atoms. The van der Waals surface area contributed by atoms with Gasteiger partial charge in [0, 0.05) is 48.5 Å². The van der Waals surface area contributed by atoms with Crippen molar-refractivity contribution in [2.24, 2.45) is 7.05 Å². The van der Waals surface area contributed by atoms with Crippen LogP contribution in [0.25, 0.3) is 22.5 Å². The molecule has 0 saturated carbocycles. The fourth-order valence-corrected chi connectivity index (χ4v) is 6.85. The van der Waals surface area contributed by atoms with Crippen LogP contribution in [-0.2, 0) is 38.1 Å². The number of phosphoric acid groups is 1. The zero-order chi connectivity index (χ0) is 32.7. The minimum Gasteiger partial charge on any atom is -0.482 e. The summed E-state index contributed by atoms with van der Waals surface area (Å²) in [6.07, 6.45) is 3.35. The number of anilines is 1. The van der Waals surface area contributed by atoms with Crippen molar-refractivity contribution in [2.45, 2.75) is 85.7 Å². The first-order valence-corrected chi connectivity index (χ1v) is 16.3. The summed E-state index contributed by atoms with van der Waals surface area (Å²) in [5.41, 5.74) is 3.65. The highest BCUT2D eigenvalue weighted by Crippen LogP contribution is 2.55. The Kier molecular flexibility index (Phi) is 8.93. The van der Waals surface area contributed by atoms with E-state index in [1.165, 1.54) is 16.9 Å². The average Bonchev–Trinajstić information content (AvgIpc) is 3.49. The van der Waals surface area contributed by atoms with Gasteiger partial charge >= 0.3 is 7.82 Å². The van der Waals surface area contributed by atoms with Gasteiger partial charge in [-0.05, 0) is 79.7 Å². The van der Waals surface area contributed by atoms with E-state index in [-0.39, 0.29) is 6.73 Å². The number of halogens is 1. The van der Waals surface area contributed by atoms with Gasteiger partial charge in [-0.1, -0.05) is 0 Å². The predicted molar refractivity (Wildman–Crippen MR) is 168 cm³/mol. The van der Waals surface area contributed by atoms with Crippen LogP contribution >= 0.6 is 7.82 Å². The molecule has 1 N–H and O–H groups in total. The molecule has 0 aliphatic carbocycles. The van der Waals surface area contributed by atoms with Crippen LogP contribution in [0.4, 0.5) is 10.2 Å². The van der Waals surface area contributed by atoms with Crippen molar-refractivity contribution >= 4 is 13.6 Å². The summed E-state index contributed by atoms with van der Waals surface area (Å²) < 4.78 is 53.8. The molecule has 14 heteroatoms. The molecule has 1 aliphatic rings. The Morgan fingerprint density at radius 1 is 1.09 bits per heavy atom. The molecule has 1 unspecified atom stereocenters. The number of aryl methyl sites for hydroxylation is 2. The average molecular weight is 642 g/mol. The summed E-state index contributed by atoms with van der Waals surface area (Å²) in [5.74, 6) is 0.292. The second-order valence-corrected chi connectivity index (χ2v) is 14.4. The first-order valence-electron chi connectivity index (χ1n) is 14.9. The summed E-state index contributed by atoms with van der Waals surface area (Å²) in [5, 5.41) is 17.0. The Morgan fingerprint density at radius 3 is 2.47 bits per heavy atom. The number of hydrogen-bond acceptors (Lipinski definition) is 10. The minimum atomic E-state index is -3.99. The van der Waals surface area contributed by atoms with Crippen molar-refractivity contribution in [2.75, 3.05) is 12.0 Å². The molecular weight excluding hydrogens is 600 g/mol. The van der Waals surface area contributed by atoms with E-state index in [1.54, 1.807) is 60.9 Å². The lowest BCUT2D eigenvalue weighted by molar-refractivity contribution is 0.00549. The highest BCUT2D eigenvalue weighted by atomic mass is 31.2. The van der Waals surface area contributed by atoms with E-state index in [0.29, 0.717) is 41.4 Å². The summed E-state index contributed by atoms with van der Waals surface area (Å²) >= 11 is 0. The molecule has 0 amide bonds. The zero-order valence-electron chi connectivity index (χ0n) is 27.2.